The Morgan fingerprint density at radius 3 is 2.46 bits per heavy atom. The molecule has 128 valence electrons. The maximum atomic E-state index is 11.5. The van der Waals surface area contributed by atoms with Crippen LogP contribution in [0.5, 0.6) is 0 Å². The second-order valence-electron chi connectivity index (χ2n) is 5.73. The lowest BCUT2D eigenvalue weighted by Gasteiger charge is -2.00. The molecule has 1 N–H and O–H groups in total. The Balaban J connectivity index is 1.88. The number of hydrogen-bond acceptors (Lipinski definition) is 5. The van der Waals surface area contributed by atoms with Crippen molar-refractivity contribution in [2.24, 2.45) is 0 Å². The molecular weight excluding hydrogens is 350 g/mol. The molecule has 0 aliphatic rings. The van der Waals surface area contributed by atoms with Crippen LogP contribution < -0.4 is 0 Å². The number of nitrogens with zero attached hydrogens (tertiary/aromatic N) is 3. The van der Waals surface area contributed by atoms with Crippen LogP contribution in [0.25, 0.3) is 27.3 Å². The van der Waals surface area contributed by atoms with E-state index in [1.54, 1.807) is 16.8 Å². The van der Waals surface area contributed by atoms with Gasteiger partial charge in [-0.25, -0.2) is 14.5 Å². The number of para-hydroxylation sites is 1. The van der Waals surface area contributed by atoms with Crippen LogP contribution >= 0.6 is 11.3 Å². The number of carboxylic acids is 1. The number of rotatable bonds is 4. The van der Waals surface area contributed by atoms with Crippen molar-refractivity contribution in [2.75, 3.05) is 0 Å². The highest BCUT2D eigenvalue weighted by molar-refractivity contribution is 7.12. The van der Waals surface area contributed by atoms with Crippen LogP contribution in [-0.2, 0) is 0 Å². The molecule has 0 saturated heterocycles. The summed E-state index contributed by atoms with van der Waals surface area (Å²) in [5.74, 6) is -1.06. The van der Waals surface area contributed by atoms with E-state index in [-0.39, 0.29) is 11.5 Å². The third-order valence-corrected chi connectivity index (χ3v) is 4.86. The smallest absolute Gasteiger partial charge is 0.355 e. The van der Waals surface area contributed by atoms with Crippen LogP contribution in [0.15, 0.2) is 53.9 Å². The highest BCUT2D eigenvalue weighted by Gasteiger charge is 2.17. The van der Waals surface area contributed by atoms with Gasteiger partial charge in [-0.15, -0.1) is 11.3 Å². The van der Waals surface area contributed by atoms with Crippen LogP contribution in [0.1, 0.15) is 27.8 Å². The fourth-order valence-corrected chi connectivity index (χ4v) is 3.51. The number of aromatic nitrogens is 3. The number of fused-ring (bicyclic) bond motifs is 1. The van der Waals surface area contributed by atoms with Gasteiger partial charge in [0.25, 0.3) is 0 Å². The summed E-state index contributed by atoms with van der Waals surface area (Å²) in [6, 6.07) is 15.0. The zero-order valence-corrected chi connectivity index (χ0v) is 14.5. The van der Waals surface area contributed by atoms with Crippen LogP contribution in [0.3, 0.4) is 0 Å². The van der Waals surface area contributed by atoms with E-state index >= 15 is 0 Å². The van der Waals surface area contributed by atoms with E-state index in [0.717, 1.165) is 22.2 Å². The van der Waals surface area contributed by atoms with Crippen molar-refractivity contribution in [3.63, 3.8) is 0 Å². The van der Waals surface area contributed by atoms with Crippen molar-refractivity contribution in [3.05, 3.63) is 65.2 Å². The van der Waals surface area contributed by atoms with Gasteiger partial charge in [-0.3, -0.25) is 4.79 Å². The highest BCUT2D eigenvalue weighted by atomic mass is 32.1. The summed E-state index contributed by atoms with van der Waals surface area (Å²) < 4.78 is 1.65. The van der Waals surface area contributed by atoms with E-state index < -0.39 is 5.97 Å². The monoisotopic (exact) mass is 363 g/mol. The number of thiazole rings is 1. The molecule has 26 heavy (non-hydrogen) atoms. The minimum absolute atomic E-state index is 0.00283. The highest BCUT2D eigenvalue weighted by Crippen LogP contribution is 2.30. The number of carbonyl (C=O) groups excluding carboxylic acids is 1. The lowest BCUT2D eigenvalue weighted by molar-refractivity contribution is 0.0691. The van der Waals surface area contributed by atoms with Gasteiger partial charge >= 0.3 is 5.97 Å². The van der Waals surface area contributed by atoms with E-state index in [4.69, 9.17) is 5.11 Å². The number of benzene rings is 2. The predicted molar refractivity (Wildman–Crippen MR) is 99.1 cm³/mol. The molecule has 0 radical (unpaired) electrons. The Morgan fingerprint density at radius 2 is 1.81 bits per heavy atom. The first-order valence-corrected chi connectivity index (χ1v) is 8.71. The lowest BCUT2D eigenvalue weighted by atomic mass is 10.0. The summed E-state index contributed by atoms with van der Waals surface area (Å²) in [7, 11) is 0. The summed E-state index contributed by atoms with van der Waals surface area (Å²) in [6.45, 7) is 1.53. The van der Waals surface area contributed by atoms with E-state index in [1.807, 2.05) is 36.4 Å². The van der Waals surface area contributed by atoms with Crippen molar-refractivity contribution < 1.29 is 14.7 Å². The van der Waals surface area contributed by atoms with Gasteiger partial charge in [0, 0.05) is 21.9 Å². The second-order valence-corrected chi connectivity index (χ2v) is 6.57. The first kappa shape index (κ1) is 16.2. The number of carbonyl (C=O) groups is 2. The average molecular weight is 363 g/mol. The predicted octanol–water partition coefficient (Wildman–Crippen LogP) is 4.05. The van der Waals surface area contributed by atoms with Gasteiger partial charge in [-0.1, -0.05) is 42.5 Å². The largest absolute Gasteiger partial charge is 0.476 e. The number of aromatic carboxylic acids is 1. The van der Waals surface area contributed by atoms with Crippen LogP contribution in [0, 0.1) is 0 Å². The molecule has 0 aliphatic heterocycles. The fourth-order valence-electron chi connectivity index (χ4n) is 2.75. The Hall–Kier alpha value is -3.32. The molecule has 4 aromatic rings. The zero-order chi connectivity index (χ0) is 18.3. The Labute approximate surface area is 152 Å². The Kier molecular flexibility index (Phi) is 3.85. The molecule has 0 saturated carbocycles. The average Bonchev–Trinajstić information content (AvgIpc) is 3.27. The van der Waals surface area contributed by atoms with Crippen molar-refractivity contribution in [1.82, 2.24) is 14.8 Å². The minimum Gasteiger partial charge on any atom is -0.476 e. The molecule has 2 heterocycles. The van der Waals surface area contributed by atoms with E-state index in [0.29, 0.717) is 10.7 Å². The SMILES string of the molecule is CC(=O)c1ccc(-c2nn(-c3nc(C(=O)O)cs3)c3ccccc23)cc1. The van der Waals surface area contributed by atoms with Crippen LogP contribution in [0.2, 0.25) is 0 Å². The maximum Gasteiger partial charge on any atom is 0.355 e. The van der Waals surface area contributed by atoms with Crippen molar-refractivity contribution in [3.8, 4) is 16.4 Å². The molecule has 0 fully saturated rings. The van der Waals surface area contributed by atoms with E-state index in [1.165, 1.54) is 23.6 Å². The molecular formula is C19H13N3O3S. The molecule has 0 atom stereocenters. The fraction of sp³-hybridized carbons (Fsp3) is 0.0526. The molecule has 0 unspecified atom stereocenters. The van der Waals surface area contributed by atoms with Gasteiger partial charge in [0.05, 0.1) is 5.52 Å². The van der Waals surface area contributed by atoms with Gasteiger partial charge in [-0.2, -0.15) is 5.10 Å². The van der Waals surface area contributed by atoms with Gasteiger partial charge in [-0.05, 0) is 13.0 Å². The van der Waals surface area contributed by atoms with Gasteiger partial charge in [0.15, 0.2) is 11.5 Å². The van der Waals surface area contributed by atoms with Crippen LogP contribution in [0.4, 0.5) is 0 Å². The first-order valence-electron chi connectivity index (χ1n) is 7.83. The molecule has 2 aromatic heterocycles. The molecule has 6 nitrogen and oxygen atoms in total. The van der Waals surface area contributed by atoms with Gasteiger partial charge < -0.3 is 5.11 Å². The number of Topliss-reactive ketones (excluding diaryl/α,β-unsaturated/α-hetero) is 1. The third kappa shape index (κ3) is 2.68. The summed E-state index contributed by atoms with van der Waals surface area (Å²) in [5.41, 5.74) is 3.10. The number of carboxylic acid groups (broad SMARTS) is 1. The minimum atomic E-state index is -1.07. The summed E-state index contributed by atoms with van der Waals surface area (Å²) >= 11 is 1.22. The van der Waals surface area contributed by atoms with Crippen molar-refractivity contribution in [1.29, 1.82) is 0 Å². The molecule has 0 spiro atoms. The van der Waals surface area contributed by atoms with E-state index in [2.05, 4.69) is 10.1 Å². The second kappa shape index (κ2) is 6.20. The number of ketones is 1. The molecule has 0 aliphatic carbocycles. The molecule has 0 bridgehead atoms. The molecule has 0 amide bonds. The summed E-state index contributed by atoms with van der Waals surface area (Å²) in [4.78, 5) is 26.7. The van der Waals surface area contributed by atoms with Gasteiger partial charge in [0.1, 0.15) is 5.69 Å². The Bertz CT molecular complexity index is 1140. The Morgan fingerprint density at radius 1 is 1.08 bits per heavy atom. The quantitative estimate of drug-likeness (QED) is 0.553. The molecule has 2 aromatic carbocycles. The zero-order valence-electron chi connectivity index (χ0n) is 13.7. The summed E-state index contributed by atoms with van der Waals surface area (Å²) in [6.07, 6.45) is 0. The maximum absolute atomic E-state index is 11.5. The van der Waals surface area contributed by atoms with Gasteiger partial charge in [0.2, 0.25) is 5.13 Å². The van der Waals surface area contributed by atoms with Crippen molar-refractivity contribution in [2.45, 2.75) is 6.92 Å². The molecule has 4 rings (SSSR count). The topological polar surface area (TPSA) is 85.1 Å². The number of hydrogen-bond donors (Lipinski definition) is 1. The molecule has 7 heteroatoms. The third-order valence-electron chi connectivity index (χ3n) is 4.04. The van der Waals surface area contributed by atoms with Crippen molar-refractivity contribution >= 4 is 34.0 Å². The van der Waals surface area contributed by atoms with E-state index in [9.17, 15) is 9.59 Å². The van der Waals surface area contributed by atoms with Crippen LogP contribution in [-0.4, -0.2) is 31.6 Å². The summed E-state index contributed by atoms with van der Waals surface area (Å²) in [5, 5.41) is 16.7. The lowest BCUT2D eigenvalue weighted by Crippen LogP contribution is -2.00. The standard InChI is InChI=1S/C19H13N3O3S/c1-11(23)12-6-8-13(9-7-12)17-14-4-2-3-5-16(14)22(21-17)19-20-15(10-26-19)18(24)25/h2-10H,1H3,(H,24,25). The first-order chi connectivity index (χ1) is 12.5. The normalized spacial score (nSPS) is 11.0.